The molecule has 100 valence electrons. The fourth-order valence-electron chi connectivity index (χ4n) is 2.38. The number of piperidine rings is 1. The van der Waals surface area contributed by atoms with E-state index in [4.69, 9.17) is 6.42 Å². The number of hydrogen-bond donors (Lipinski definition) is 2. The minimum atomic E-state index is 0.237. The van der Waals surface area contributed by atoms with Crippen molar-refractivity contribution in [3.63, 3.8) is 0 Å². The smallest absolute Gasteiger partial charge is 0.223 e. The predicted octanol–water partition coefficient (Wildman–Crippen LogP) is 0.200. The van der Waals surface area contributed by atoms with E-state index in [0.29, 0.717) is 12.0 Å². The third-order valence-corrected chi connectivity index (χ3v) is 3.71. The number of amides is 1. The maximum atomic E-state index is 11.4. The first kappa shape index (κ1) is 13.4. The molecular formula is C14H23N3O. The molecule has 4 heteroatoms. The number of carbonyl (C=O) groups excluding carboxylic acids is 1. The van der Waals surface area contributed by atoms with Gasteiger partial charge in [0.25, 0.3) is 0 Å². The molecule has 1 aliphatic carbocycles. The van der Waals surface area contributed by atoms with Crippen LogP contribution in [0.5, 0.6) is 0 Å². The number of terminal acetylenes is 1. The minimum Gasteiger partial charge on any atom is -0.355 e. The molecule has 1 amide bonds. The Morgan fingerprint density at radius 1 is 1.22 bits per heavy atom. The fraction of sp³-hybridized carbons (Fsp3) is 0.786. The molecule has 1 heterocycles. The minimum absolute atomic E-state index is 0.237. The summed E-state index contributed by atoms with van der Waals surface area (Å²) in [4.78, 5) is 13.7. The van der Waals surface area contributed by atoms with Gasteiger partial charge in [0.05, 0.1) is 6.54 Å². The number of nitrogens with one attached hydrogen (secondary N) is 2. The van der Waals surface area contributed by atoms with Crippen molar-refractivity contribution in [2.45, 2.75) is 31.7 Å². The van der Waals surface area contributed by atoms with Gasteiger partial charge in [-0.25, -0.2) is 0 Å². The first-order valence-electron chi connectivity index (χ1n) is 6.96. The van der Waals surface area contributed by atoms with Crippen LogP contribution in [0.1, 0.15) is 25.7 Å². The number of likely N-dealkylation sites (tertiary alicyclic amines) is 1. The fourth-order valence-corrected chi connectivity index (χ4v) is 2.38. The Kier molecular flexibility index (Phi) is 5.03. The van der Waals surface area contributed by atoms with Gasteiger partial charge >= 0.3 is 0 Å². The standard InChI is InChI=1S/C14H23N3O/c1-2-9-17-10-5-13(6-11-17)15-7-8-16-14(18)12-3-4-12/h1,12-13,15H,3-11H2,(H,16,18). The van der Waals surface area contributed by atoms with Crippen LogP contribution < -0.4 is 10.6 Å². The van der Waals surface area contributed by atoms with Crippen molar-refractivity contribution in [2.24, 2.45) is 5.92 Å². The summed E-state index contributed by atoms with van der Waals surface area (Å²) in [7, 11) is 0. The van der Waals surface area contributed by atoms with E-state index >= 15 is 0 Å². The van der Waals surface area contributed by atoms with Gasteiger partial charge < -0.3 is 10.6 Å². The van der Waals surface area contributed by atoms with E-state index in [-0.39, 0.29) is 5.91 Å². The molecule has 18 heavy (non-hydrogen) atoms. The molecule has 0 aromatic carbocycles. The molecule has 1 saturated heterocycles. The third kappa shape index (κ3) is 4.32. The average Bonchev–Trinajstić information content (AvgIpc) is 3.21. The van der Waals surface area contributed by atoms with Crippen molar-refractivity contribution in [3.05, 3.63) is 0 Å². The van der Waals surface area contributed by atoms with Crippen LogP contribution in [-0.2, 0) is 4.79 Å². The highest BCUT2D eigenvalue weighted by molar-refractivity contribution is 5.80. The first-order chi connectivity index (χ1) is 8.79. The van der Waals surface area contributed by atoms with E-state index in [9.17, 15) is 4.79 Å². The van der Waals surface area contributed by atoms with Crippen molar-refractivity contribution >= 4 is 5.91 Å². The zero-order chi connectivity index (χ0) is 12.8. The molecule has 0 atom stereocenters. The Balaban J connectivity index is 1.50. The lowest BCUT2D eigenvalue weighted by Crippen LogP contribution is -2.44. The quantitative estimate of drug-likeness (QED) is 0.522. The number of carbonyl (C=O) groups is 1. The molecular weight excluding hydrogens is 226 g/mol. The normalized spacial score (nSPS) is 21.5. The van der Waals surface area contributed by atoms with Gasteiger partial charge in [-0.15, -0.1) is 6.42 Å². The molecule has 0 radical (unpaired) electrons. The highest BCUT2D eigenvalue weighted by Gasteiger charge is 2.29. The predicted molar refractivity (Wildman–Crippen MR) is 72.0 cm³/mol. The summed E-state index contributed by atoms with van der Waals surface area (Å²) in [6, 6.07) is 0.580. The Hall–Kier alpha value is -1.05. The Labute approximate surface area is 109 Å². The van der Waals surface area contributed by atoms with E-state index in [1.54, 1.807) is 0 Å². The van der Waals surface area contributed by atoms with Crippen LogP contribution in [0.3, 0.4) is 0 Å². The maximum Gasteiger partial charge on any atom is 0.223 e. The average molecular weight is 249 g/mol. The molecule has 1 aliphatic heterocycles. The molecule has 4 nitrogen and oxygen atoms in total. The summed E-state index contributed by atoms with van der Waals surface area (Å²) < 4.78 is 0. The molecule has 2 N–H and O–H groups in total. The van der Waals surface area contributed by atoms with E-state index in [1.807, 2.05) is 0 Å². The number of nitrogens with zero attached hydrogens (tertiary/aromatic N) is 1. The molecule has 2 aliphatic rings. The van der Waals surface area contributed by atoms with Crippen LogP contribution >= 0.6 is 0 Å². The number of rotatable bonds is 6. The van der Waals surface area contributed by atoms with E-state index in [1.165, 1.54) is 0 Å². The van der Waals surface area contributed by atoms with Gasteiger partial charge in [-0.1, -0.05) is 5.92 Å². The first-order valence-corrected chi connectivity index (χ1v) is 6.96. The maximum absolute atomic E-state index is 11.4. The van der Waals surface area contributed by atoms with E-state index in [2.05, 4.69) is 21.5 Å². The van der Waals surface area contributed by atoms with Crippen molar-refractivity contribution in [2.75, 3.05) is 32.7 Å². The lowest BCUT2D eigenvalue weighted by atomic mass is 10.1. The largest absolute Gasteiger partial charge is 0.355 e. The van der Waals surface area contributed by atoms with Crippen LogP contribution in [0, 0.1) is 18.3 Å². The monoisotopic (exact) mass is 249 g/mol. The van der Waals surface area contributed by atoms with Crippen LogP contribution in [-0.4, -0.2) is 49.6 Å². The molecule has 0 bridgehead atoms. The molecule has 0 unspecified atom stereocenters. The SMILES string of the molecule is C#CCN1CCC(NCCNC(=O)C2CC2)CC1. The van der Waals surface area contributed by atoms with Gasteiger partial charge in [0.15, 0.2) is 0 Å². The van der Waals surface area contributed by atoms with E-state index in [0.717, 1.165) is 58.4 Å². The zero-order valence-electron chi connectivity index (χ0n) is 11.0. The second-order valence-electron chi connectivity index (χ2n) is 5.27. The molecule has 0 spiro atoms. The molecule has 2 fully saturated rings. The molecule has 0 aromatic rings. The lowest BCUT2D eigenvalue weighted by molar-refractivity contribution is -0.122. The highest BCUT2D eigenvalue weighted by atomic mass is 16.2. The van der Waals surface area contributed by atoms with Gasteiger partial charge in [-0.05, 0) is 25.7 Å². The van der Waals surface area contributed by atoms with Crippen molar-refractivity contribution in [3.8, 4) is 12.3 Å². The number of hydrogen-bond acceptors (Lipinski definition) is 3. The summed E-state index contributed by atoms with van der Waals surface area (Å²) in [5.41, 5.74) is 0. The summed E-state index contributed by atoms with van der Waals surface area (Å²) in [5, 5.41) is 6.48. The van der Waals surface area contributed by atoms with Crippen molar-refractivity contribution in [1.29, 1.82) is 0 Å². The topological polar surface area (TPSA) is 44.4 Å². The Morgan fingerprint density at radius 2 is 1.94 bits per heavy atom. The molecule has 1 saturated carbocycles. The second kappa shape index (κ2) is 6.77. The Bertz CT molecular complexity index is 311. The highest BCUT2D eigenvalue weighted by Crippen LogP contribution is 2.28. The van der Waals surface area contributed by atoms with Crippen molar-refractivity contribution < 1.29 is 4.79 Å². The third-order valence-electron chi connectivity index (χ3n) is 3.71. The lowest BCUT2D eigenvalue weighted by Gasteiger charge is -2.31. The zero-order valence-corrected chi connectivity index (χ0v) is 11.0. The summed E-state index contributed by atoms with van der Waals surface area (Å²) in [6.45, 7) is 4.55. The molecule has 0 aromatic heterocycles. The van der Waals surface area contributed by atoms with Crippen LogP contribution in [0.15, 0.2) is 0 Å². The van der Waals surface area contributed by atoms with Gasteiger partial charge in [-0.3, -0.25) is 9.69 Å². The van der Waals surface area contributed by atoms with Crippen molar-refractivity contribution in [1.82, 2.24) is 15.5 Å². The van der Waals surface area contributed by atoms with E-state index < -0.39 is 0 Å². The van der Waals surface area contributed by atoms with Gasteiger partial charge in [0.1, 0.15) is 0 Å². The van der Waals surface area contributed by atoms with Gasteiger partial charge in [0.2, 0.25) is 5.91 Å². The molecule has 2 rings (SSSR count). The van der Waals surface area contributed by atoms with Gasteiger partial charge in [0, 0.05) is 38.1 Å². The van der Waals surface area contributed by atoms with Crippen LogP contribution in [0.4, 0.5) is 0 Å². The van der Waals surface area contributed by atoms with Crippen LogP contribution in [0.25, 0.3) is 0 Å². The van der Waals surface area contributed by atoms with Crippen LogP contribution in [0.2, 0.25) is 0 Å². The summed E-state index contributed by atoms with van der Waals surface area (Å²) >= 11 is 0. The van der Waals surface area contributed by atoms with Gasteiger partial charge in [-0.2, -0.15) is 0 Å². The summed E-state index contributed by atoms with van der Waals surface area (Å²) in [5.74, 6) is 3.24. The second-order valence-corrected chi connectivity index (χ2v) is 5.27. The summed E-state index contributed by atoms with van der Waals surface area (Å²) in [6.07, 6.45) is 9.76. The Morgan fingerprint density at radius 3 is 2.56 bits per heavy atom.